The van der Waals surface area contributed by atoms with Gasteiger partial charge >= 0.3 is 0 Å². The Hall–Kier alpha value is -2.23. The monoisotopic (exact) mass is 386 g/mol. The molecule has 0 fully saturated rings. The summed E-state index contributed by atoms with van der Waals surface area (Å²) in [5, 5.41) is 0.741. The Balaban J connectivity index is 1.78. The van der Waals surface area contributed by atoms with Crippen molar-refractivity contribution in [2.45, 2.75) is 19.6 Å². The number of carbonyl (C=O) groups excluding carboxylic acids is 1. The quantitative estimate of drug-likeness (QED) is 0.526. The summed E-state index contributed by atoms with van der Waals surface area (Å²) >= 11 is 12.1. The number of aromatic nitrogens is 1. The molecule has 0 aliphatic rings. The van der Waals surface area contributed by atoms with E-state index in [-0.39, 0.29) is 11.8 Å². The SMILES string of the molecule is O=C(CCl)N(Cc1ccccc1)Cc1cccn1Cc1ccccc1Cl. The summed E-state index contributed by atoms with van der Waals surface area (Å²) in [6.07, 6.45) is 2.00. The summed E-state index contributed by atoms with van der Waals surface area (Å²) in [5.74, 6) is -0.112. The number of halogens is 2. The van der Waals surface area contributed by atoms with E-state index in [1.165, 1.54) is 0 Å². The normalized spacial score (nSPS) is 10.7. The van der Waals surface area contributed by atoms with Crippen LogP contribution in [0.4, 0.5) is 0 Å². The lowest BCUT2D eigenvalue weighted by molar-refractivity contribution is -0.129. The lowest BCUT2D eigenvalue weighted by Gasteiger charge is -2.23. The maximum atomic E-state index is 12.3. The van der Waals surface area contributed by atoms with Crippen molar-refractivity contribution >= 4 is 29.1 Å². The van der Waals surface area contributed by atoms with Crippen LogP contribution in [0.15, 0.2) is 72.9 Å². The number of alkyl halides is 1. The summed E-state index contributed by atoms with van der Waals surface area (Å²) in [4.78, 5) is 14.1. The van der Waals surface area contributed by atoms with Gasteiger partial charge in [-0.15, -0.1) is 11.6 Å². The molecule has 0 aliphatic heterocycles. The standard InChI is InChI=1S/C21H20Cl2N2O/c22-13-21(26)25(14-17-7-2-1-3-8-17)16-19-10-6-12-24(19)15-18-9-4-5-11-20(18)23/h1-12H,13-16H2. The van der Waals surface area contributed by atoms with Crippen LogP contribution in [-0.4, -0.2) is 21.3 Å². The molecule has 0 bridgehead atoms. The van der Waals surface area contributed by atoms with Gasteiger partial charge < -0.3 is 9.47 Å². The van der Waals surface area contributed by atoms with Crippen molar-refractivity contribution in [1.29, 1.82) is 0 Å². The first-order valence-corrected chi connectivity index (χ1v) is 9.33. The smallest absolute Gasteiger partial charge is 0.238 e. The van der Waals surface area contributed by atoms with E-state index in [9.17, 15) is 4.79 Å². The molecule has 0 aliphatic carbocycles. The minimum Gasteiger partial charge on any atom is -0.345 e. The molecule has 0 spiro atoms. The third kappa shape index (κ3) is 4.69. The van der Waals surface area contributed by atoms with Crippen LogP contribution in [0.3, 0.4) is 0 Å². The molecule has 134 valence electrons. The fraction of sp³-hybridized carbons (Fsp3) is 0.190. The summed E-state index contributed by atoms with van der Waals surface area (Å²) < 4.78 is 2.11. The Morgan fingerprint density at radius 3 is 2.38 bits per heavy atom. The number of nitrogens with zero attached hydrogens (tertiary/aromatic N) is 2. The van der Waals surface area contributed by atoms with Gasteiger partial charge in [-0.3, -0.25) is 4.79 Å². The highest BCUT2D eigenvalue weighted by Gasteiger charge is 2.15. The Kier molecular flexibility index (Phi) is 6.37. The second-order valence-electron chi connectivity index (χ2n) is 6.09. The van der Waals surface area contributed by atoms with Crippen molar-refractivity contribution in [2.24, 2.45) is 0 Å². The van der Waals surface area contributed by atoms with E-state index in [2.05, 4.69) is 4.57 Å². The second kappa shape index (κ2) is 8.93. The van der Waals surface area contributed by atoms with Gasteiger partial charge in [-0.1, -0.05) is 60.1 Å². The van der Waals surface area contributed by atoms with Crippen molar-refractivity contribution in [3.63, 3.8) is 0 Å². The van der Waals surface area contributed by atoms with Crippen LogP contribution in [0.5, 0.6) is 0 Å². The van der Waals surface area contributed by atoms with Gasteiger partial charge in [0, 0.05) is 30.0 Å². The first kappa shape index (κ1) is 18.6. The number of hydrogen-bond acceptors (Lipinski definition) is 1. The predicted molar refractivity (Wildman–Crippen MR) is 106 cm³/mol. The first-order valence-electron chi connectivity index (χ1n) is 8.42. The fourth-order valence-electron chi connectivity index (χ4n) is 2.87. The Bertz CT molecular complexity index is 861. The number of hydrogen-bond donors (Lipinski definition) is 0. The summed E-state index contributed by atoms with van der Waals surface area (Å²) in [6.45, 7) is 1.69. The lowest BCUT2D eigenvalue weighted by atomic mass is 10.2. The van der Waals surface area contributed by atoms with Crippen molar-refractivity contribution in [2.75, 3.05) is 5.88 Å². The van der Waals surface area contributed by atoms with E-state index in [0.717, 1.165) is 21.8 Å². The molecular formula is C21H20Cl2N2O. The van der Waals surface area contributed by atoms with E-state index in [1.807, 2.05) is 72.9 Å². The van der Waals surface area contributed by atoms with Crippen LogP contribution in [-0.2, 0) is 24.4 Å². The number of rotatable bonds is 7. The molecule has 0 saturated carbocycles. The molecule has 3 aromatic rings. The van der Waals surface area contributed by atoms with E-state index >= 15 is 0 Å². The topological polar surface area (TPSA) is 25.2 Å². The highest BCUT2D eigenvalue weighted by atomic mass is 35.5. The number of benzene rings is 2. The Morgan fingerprint density at radius 1 is 0.923 bits per heavy atom. The predicted octanol–water partition coefficient (Wildman–Crippen LogP) is 4.96. The summed E-state index contributed by atoms with van der Waals surface area (Å²) in [5.41, 5.74) is 3.17. The molecule has 1 amide bonds. The van der Waals surface area contributed by atoms with Crippen molar-refractivity contribution in [1.82, 2.24) is 9.47 Å². The molecule has 1 aromatic heterocycles. The third-order valence-electron chi connectivity index (χ3n) is 4.26. The minimum absolute atomic E-state index is 0.0297. The molecule has 0 saturated heterocycles. The highest BCUT2D eigenvalue weighted by Crippen LogP contribution is 2.19. The van der Waals surface area contributed by atoms with Gasteiger partial charge in [0.2, 0.25) is 5.91 Å². The Morgan fingerprint density at radius 2 is 1.65 bits per heavy atom. The maximum Gasteiger partial charge on any atom is 0.238 e. The van der Waals surface area contributed by atoms with Crippen molar-refractivity contribution in [3.8, 4) is 0 Å². The van der Waals surface area contributed by atoms with Gasteiger partial charge in [0.1, 0.15) is 5.88 Å². The highest BCUT2D eigenvalue weighted by molar-refractivity contribution is 6.31. The zero-order valence-corrected chi connectivity index (χ0v) is 15.8. The third-order valence-corrected chi connectivity index (χ3v) is 4.86. The van der Waals surface area contributed by atoms with Gasteiger partial charge in [-0.2, -0.15) is 0 Å². The summed E-state index contributed by atoms with van der Waals surface area (Å²) in [7, 11) is 0. The van der Waals surface area contributed by atoms with E-state index < -0.39 is 0 Å². The van der Waals surface area contributed by atoms with Crippen LogP contribution >= 0.6 is 23.2 Å². The van der Waals surface area contributed by atoms with Crippen LogP contribution in [0, 0.1) is 0 Å². The van der Waals surface area contributed by atoms with Crippen LogP contribution < -0.4 is 0 Å². The first-order chi connectivity index (χ1) is 12.7. The largest absolute Gasteiger partial charge is 0.345 e. The van der Waals surface area contributed by atoms with Gasteiger partial charge in [0.15, 0.2) is 0 Å². The molecule has 3 rings (SSSR count). The maximum absolute atomic E-state index is 12.3. The van der Waals surface area contributed by atoms with Gasteiger partial charge in [0.25, 0.3) is 0 Å². The minimum atomic E-state index is -0.0824. The molecule has 2 aromatic carbocycles. The average Bonchev–Trinajstić information content (AvgIpc) is 3.10. The number of carbonyl (C=O) groups is 1. The lowest BCUT2D eigenvalue weighted by Crippen LogP contribution is -2.31. The zero-order chi connectivity index (χ0) is 18.4. The van der Waals surface area contributed by atoms with E-state index in [4.69, 9.17) is 23.2 Å². The molecular weight excluding hydrogens is 367 g/mol. The van der Waals surface area contributed by atoms with E-state index in [0.29, 0.717) is 19.6 Å². The molecule has 0 atom stereocenters. The number of amides is 1. The molecule has 0 radical (unpaired) electrons. The molecule has 5 heteroatoms. The molecule has 26 heavy (non-hydrogen) atoms. The molecule has 0 N–H and O–H groups in total. The summed E-state index contributed by atoms with van der Waals surface area (Å²) in [6, 6.07) is 21.7. The Labute approximate surface area is 163 Å². The van der Waals surface area contributed by atoms with Crippen molar-refractivity contribution < 1.29 is 4.79 Å². The van der Waals surface area contributed by atoms with Crippen molar-refractivity contribution in [3.05, 3.63) is 94.8 Å². The van der Waals surface area contributed by atoms with Gasteiger partial charge in [-0.25, -0.2) is 0 Å². The van der Waals surface area contributed by atoms with Crippen LogP contribution in [0.2, 0.25) is 5.02 Å². The average molecular weight is 387 g/mol. The van der Waals surface area contributed by atoms with Crippen LogP contribution in [0.25, 0.3) is 0 Å². The van der Waals surface area contributed by atoms with Crippen LogP contribution in [0.1, 0.15) is 16.8 Å². The molecule has 0 unspecified atom stereocenters. The fourth-order valence-corrected chi connectivity index (χ4v) is 3.24. The van der Waals surface area contributed by atoms with E-state index in [1.54, 1.807) is 4.90 Å². The molecule has 1 heterocycles. The van der Waals surface area contributed by atoms with Gasteiger partial charge in [0.05, 0.1) is 6.54 Å². The van der Waals surface area contributed by atoms with Gasteiger partial charge in [-0.05, 0) is 29.3 Å². The second-order valence-corrected chi connectivity index (χ2v) is 6.76. The zero-order valence-electron chi connectivity index (χ0n) is 14.3. The molecule has 3 nitrogen and oxygen atoms in total.